The highest BCUT2D eigenvalue weighted by atomic mass is 16.2. The Bertz CT molecular complexity index is 601. The quantitative estimate of drug-likeness (QED) is 0.597. The molecule has 0 saturated carbocycles. The first-order valence-corrected chi connectivity index (χ1v) is 6.15. The van der Waals surface area contributed by atoms with Gasteiger partial charge in [-0.05, 0) is 13.8 Å². The van der Waals surface area contributed by atoms with Crippen molar-refractivity contribution >= 4 is 11.6 Å². The van der Waals surface area contributed by atoms with Crippen LogP contribution in [0.2, 0.25) is 0 Å². The van der Waals surface area contributed by atoms with Gasteiger partial charge < -0.3 is 0 Å². The van der Waals surface area contributed by atoms with Crippen molar-refractivity contribution < 1.29 is 9.59 Å². The standard InChI is InChI=1S/C17H14O2/c1-3-5-11-17(12-6-4-2)15(18)13-9-7-8-10-14(13)16(17)19/h7-10H,11-12H2,1-2H3. The van der Waals surface area contributed by atoms with E-state index in [1.54, 1.807) is 38.1 Å². The molecule has 2 heteroatoms. The largest absolute Gasteiger partial charge is 0.293 e. The molecule has 2 nitrogen and oxygen atoms in total. The lowest BCUT2D eigenvalue weighted by Crippen LogP contribution is -2.32. The van der Waals surface area contributed by atoms with E-state index in [9.17, 15) is 9.59 Å². The number of carbonyl (C=O) groups excluding carboxylic acids is 2. The Hall–Kier alpha value is -2.32. The van der Waals surface area contributed by atoms with Gasteiger partial charge in [0.1, 0.15) is 5.41 Å². The summed E-state index contributed by atoms with van der Waals surface area (Å²) in [5.74, 6) is 11.0. The second kappa shape index (κ2) is 5.12. The Kier molecular flexibility index (Phi) is 3.54. The molecule has 1 aliphatic carbocycles. The zero-order chi connectivity index (χ0) is 13.9. The number of hydrogen-bond donors (Lipinski definition) is 0. The highest BCUT2D eigenvalue weighted by molar-refractivity contribution is 6.29. The summed E-state index contributed by atoms with van der Waals surface area (Å²) in [6.07, 6.45) is 0.481. The molecular formula is C17H14O2. The minimum Gasteiger partial charge on any atom is -0.293 e. The van der Waals surface area contributed by atoms with Crippen LogP contribution in [0.1, 0.15) is 47.4 Å². The van der Waals surface area contributed by atoms with E-state index < -0.39 is 5.41 Å². The molecule has 19 heavy (non-hydrogen) atoms. The maximum absolute atomic E-state index is 12.6. The number of benzene rings is 1. The van der Waals surface area contributed by atoms with Crippen molar-refractivity contribution in [2.75, 3.05) is 0 Å². The minimum atomic E-state index is -1.10. The molecule has 0 fully saturated rings. The summed E-state index contributed by atoms with van der Waals surface area (Å²) in [5.41, 5.74) is -0.0954. The summed E-state index contributed by atoms with van der Waals surface area (Å²) >= 11 is 0. The molecule has 0 atom stereocenters. The molecule has 0 spiro atoms. The van der Waals surface area contributed by atoms with Crippen LogP contribution in [0.4, 0.5) is 0 Å². The zero-order valence-electron chi connectivity index (χ0n) is 11.0. The number of hydrogen-bond acceptors (Lipinski definition) is 2. The number of Topliss-reactive ketones (excluding diaryl/α,β-unsaturated/α-hetero) is 2. The molecule has 0 aromatic heterocycles. The normalized spacial score (nSPS) is 15.1. The van der Waals surface area contributed by atoms with Crippen LogP contribution >= 0.6 is 0 Å². The van der Waals surface area contributed by atoms with Crippen LogP contribution in [0.5, 0.6) is 0 Å². The summed E-state index contributed by atoms with van der Waals surface area (Å²) in [6.45, 7) is 3.41. The van der Waals surface area contributed by atoms with Crippen molar-refractivity contribution in [1.29, 1.82) is 0 Å². The molecule has 1 aromatic rings. The van der Waals surface area contributed by atoms with Gasteiger partial charge in [0.25, 0.3) is 0 Å². The average Bonchev–Trinajstić information content (AvgIpc) is 2.66. The number of rotatable bonds is 2. The number of fused-ring (bicyclic) bond motifs is 1. The smallest absolute Gasteiger partial charge is 0.179 e. The molecule has 0 unspecified atom stereocenters. The van der Waals surface area contributed by atoms with Gasteiger partial charge >= 0.3 is 0 Å². The number of ketones is 2. The van der Waals surface area contributed by atoms with Crippen LogP contribution in [0, 0.1) is 29.1 Å². The summed E-state index contributed by atoms with van der Waals surface area (Å²) in [7, 11) is 0. The summed E-state index contributed by atoms with van der Waals surface area (Å²) < 4.78 is 0. The van der Waals surface area contributed by atoms with Gasteiger partial charge in [-0.3, -0.25) is 9.59 Å². The molecule has 0 aliphatic heterocycles. The fourth-order valence-corrected chi connectivity index (χ4v) is 2.36. The molecule has 0 amide bonds. The third-order valence-electron chi connectivity index (χ3n) is 3.42. The Morgan fingerprint density at radius 1 is 0.895 bits per heavy atom. The Morgan fingerprint density at radius 2 is 1.32 bits per heavy atom. The van der Waals surface area contributed by atoms with E-state index in [1.807, 2.05) is 0 Å². The molecule has 0 saturated heterocycles. The fraction of sp³-hybridized carbons (Fsp3) is 0.294. The van der Waals surface area contributed by atoms with E-state index in [0.717, 1.165) is 0 Å². The van der Waals surface area contributed by atoms with Crippen LogP contribution in [0.15, 0.2) is 24.3 Å². The maximum atomic E-state index is 12.6. The van der Waals surface area contributed by atoms with Gasteiger partial charge in [0.15, 0.2) is 11.6 Å². The molecule has 2 rings (SSSR count). The first kappa shape index (κ1) is 13.1. The van der Waals surface area contributed by atoms with E-state index in [4.69, 9.17) is 0 Å². The lowest BCUT2D eigenvalue weighted by Gasteiger charge is -2.20. The molecule has 1 aliphatic rings. The molecule has 0 N–H and O–H groups in total. The van der Waals surface area contributed by atoms with Crippen LogP contribution < -0.4 is 0 Å². The SMILES string of the molecule is CC#CCC1(CC#CC)C(=O)c2ccccc2C1=O. The lowest BCUT2D eigenvalue weighted by molar-refractivity contribution is 0.0709. The first-order chi connectivity index (χ1) is 9.17. The Balaban J connectivity index is 2.55. The highest BCUT2D eigenvalue weighted by Gasteiger charge is 2.51. The van der Waals surface area contributed by atoms with Gasteiger partial charge in [-0.1, -0.05) is 24.3 Å². The van der Waals surface area contributed by atoms with E-state index in [1.165, 1.54) is 0 Å². The molecule has 0 radical (unpaired) electrons. The van der Waals surface area contributed by atoms with Gasteiger partial charge in [-0.15, -0.1) is 23.7 Å². The van der Waals surface area contributed by atoms with E-state index in [-0.39, 0.29) is 24.4 Å². The molecular weight excluding hydrogens is 236 g/mol. The van der Waals surface area contributed by atoms with Gasteiger partial charge in [0.05, 0.1) is 0 Å². The minimum absolute atomic E-state index is 0.140. The van der Waals surface area contributed by atoms with Crippen molar-refractivity contribution in [3.63, 3.8) is 0 Å². The lowest BCUT2D eigenvalue weighted by atomic mass is 9.77. The number of carbonyl (C=O) groups is 2. The van der Waals surface area contributed by atoms with Crippen LogP contribution in [0.25, 0.3) is 0 Å². The van der Waals surface area contributed by atoms with Gasteiger partial charge in [0.2, 0.25) is 0 Å². The predicted molar refractivity (Wildman–Crippen MR) is 73.7 cm³/mol. The summed E-state index contributed by atoms with van der Waals surface area (Å²) in [6, 6.07) is 6.96. The topological polar surface area (TPSA) is 34.1 Å². The second-order valence-electron chi connectivity index (χ2n) is 4.49. The van der Waals surface area contributed by atoms with Gasteiger partial charge in [0, 0.05) is 24.0 Å². The van der Waals surface area contributed by atoms with Crippen molar-refractivity contribution in [3.8, 4) is 23.7 Å². The van der Waals surface area contributed by atoms with Crippen molar-refractivity contribution in [1.82, 2.24) is 0 Å². The molecule has 0 bridgehead atoms. The third-order valence-corrected chi connectivity index (χ3v) is 3.42. The highest BCUT2D eigenvalue weighted by Crippen LogP contribution is 2.41. The van der Waals surface area contributed by atoms with Crippen LogP contribution in [0.3, 0.4) is 0 Å². The van der Waals surface area contributed by atoms with Crippen molar-refractivity contribution in [2.45, 2.75) is 26.7 Å². The van der Waals surface area contributed by atoms with Crippen LogP contribution in [-0.4, -0.2) is 11.6 Å². The summed E-state index contributed by atoms with van der Waals surface area (Å²) in [5, 5.41) is 0. The van der Waals surface area contributed by atoms with Gasteiger partial charge in [-0.2, -0.15) is 0 Å². The predicted octanol–water partition coefficient (Wildman–Crippen LogP) is 2.88. The molecule has 94 valence electrons. The Labute approximate surface area is 113 Å². The zero-order valence-corrected chi connectivity index (χ0v) is 11.0. The first-order valence-electron chi connectivity index (χ1n) is 6.15. The second-order valence-corrected chi connectivity index (χ2v) is 4.49. The summed E-state index contributed by atoms with van der Waals surface area (Å²) in [4.78, 5) is 25.2. The van der Waals surface area contributed by atoms with Crippen molar-refractivity contribution in [2.24, 2.45) is 5.41 Å². The maximum Gasteiger partial charge on any atom is 0.179 e. The van der Waals surface area contributed by atoms with Gasteiger partial charge in [-0.25, -0.2) is 0 Å². The fourth-order valence-electron chi connectivity index (χ4n) is 2.36. The van der Waals surface area contributed by atoms with E-state index in [2.05, 4.69) is 23.7 Å². The van der Waals surface area contributed by atoms with E-state index >= 15 is 0 Å². The monoisotopic (exact) mass is 250 g/mol. The van der Waals surface area contributed by atoms with Crippen molar-refractivity contribution in [3.05, 3.63) is 35.4 Å². The average molecular weight is 250 g/mol. The van der Waals surface area contributed by atoms with Crippen LogP contribution in [-0.2, 0) is 0 Å². The Morgan fingerprint density at radius 3 is 1.68 bits per heavy atom. The van der Waals surface area contributed by atoms with E-state index in [0.29, 0.717) is 11.1 Å². The molecule has 0 heterocycles. The molecule has 1 aromatic carbocycles. The third kappa shape index (κ3) is 1.96.